The van der Waals surface area contributed by atoms with Gasteiger partial charge in [-0.3, -0.25) is 14.9 Å². The number of thiazole rings is 1. The molecule has 0 spiro atoms. The molecule has 0 unspecified atom stereocenters. The summed E-state index contributed by atoms with van der Waals surface area (Å²) in [6.45, 7) is 1.44. The molecular formula is C15H10N4O2S2. The number of fused-ring (bicyclic) bond motifs is 1. The molecule has 0 aliphatic carbocycles. The molecule has 0 saturated carbocycles. The molecular weight excluding hydrogens is 332 g/mol. The standard InChI is InChI=1S/C15H10N4O2S2/c1-8(20)17-10-2-3-11-12(6-10)23-15(18-11)19-14(21)13-9(7-16)4-5-22-13/h2-6H,1H3,(H,17,20)(H,18,19,21). The third kappa shape index (κ3) is 3.21. The van der Waals surface area contributed by atoms with Gasteiger partial charge in [0.15, 0.2) is 5.13 Å². The minimum Gasteiger partial charge on any atom is -0.326 e. The van der Waals surface area contributed by atoms with E-state index < -0.39 is 0 Å². The van der Waals surface area contributed by atoms with E-state index in [9.17, 15) is 9.59 Å². The summed E-state index contributed by atoms with van der Waals surface area (Å²) in [7, 11) is 0. The van der Waals surface area contributed by atoms with Gasteiger partial charge in [-0.25, -0.2) is 4.98 Å². The average molecular weight is 342 g/mol. The van der Waals surface area contributed by atoms with E-state index in [0.29, 0.717) is 21.3 Å². The fraction of sp³-hybridized carbons (Fsp3) is 0.0667. The summed E-state index contributed by atoms with van der Waals surface area (Å²) in [5.74, 6) is -0.498. The Hall–Kier alpha value is -2.76. The van der Waals surface area contributed by atoms with Gasteiger partial charge in [0.25, 0.3) is 5.91 Å². The monoisotopic (exact) mass is 342 g/mol. The fourth-order valence-electron chi connectivity index (χ4n) is 1.99. The first-order chi connectivity index (χ1) is 11.1. The number of anilines is 2. The number of hydrogen-bond acceptors (Lipinski definition) is 6. The smallest absolute Gasteiger partial charge is 0.268 e. The van der Waals surface area contributed by atoms with Crippen LogP contribution in [0.2, 0.25) is 0 Å². The van der Waals surface area contributed by atoms with E-state index in [0.717, 1.165) is 10.2 Å². The molecule has 0 aliphatic heterocycles. The van der Waals surface area contributed by atoms with Crippen LogP contribution >= 0.6 is 22.7 Å². The Morgan fingerprint density at radius 2 is 2.09 bits per heavy atom. The molecule has 3 aromatic rings. The lowest BCUT2D eigenvalue weighted by molar-refractivity contribution is -0.114. The topological polar surface area (TPSA) is 94.9 Å². The van der Waals surface area contributed by atoms with Crippen LogP contribution < -0.4 is 10.6 Å². The van der Waals surface area contributed by atoms with Gasteiger partial charge in [-0.15, -0.1) is 11.3 Å². The molecule has 0 radical (unpaired) electrons. The number of nitriles is 1. The minimum absolute atomic E-state index is 0.149. The van der Waals surface area contributed by atoms with Gasteiger partial charge in [-0.1, -0.05) is 11.3 Å². The van der Waals surface area contributed by atoms with E-state index >= 15 is 0 Å². The van der Waals surface area contributed by atoms with Gasteiger partial charge in [-0.2, -0.15) is 5.26 Å². The van der Waals surface area contributed by atoms with Crippen molar-refractivity contribution in [2.45, 2.75) is 6.92 Å². The molecule has 0 fully saturated rings. The van der Waals surface area contributed by atoms with E-state index in [1.807, 2.05) is 6.07 Å². The molecule has 2 amide bonds. The number of carbonyl (C=O) groups excluding carboxylic acids is 2. The summed E-state index contributed by atoms with van der Waals surface area (Å²) in [5, 5.41) is 16.5. The Balaban J connectivity index is 1.85. The lowest BCUT2D eigenvalue weighted by atomic mass is 10.3. The number of amides is 2. The quantitative estimate of drug-likeness (QED) is 0.762. The van der Waals surface area contributed by atoms with Crippen molar-refractivity contribution in [3.8, 4) is 6.07 Å². The largest absolute Gasteiger partial charge is 0.326 e. The van der Waals surface area contributed by atoms with Crippen LogP contribution in [0.5, 0.6) is 0 Å². The zero-order valence-electron chi connectivity index (χ0n) is 11.9. The minimum atomic E-state index is -0.349. The number of nitrogens with zero attached hydrogens (tertiary/aromatic N) is 2. The zero-order chi connectivity index (χ0) is 16.4. The van der Waals surface area contributed by atoms with Crippen molar-refractivity contribution in [3.63, 3.8) is 0 Å². The first-order valence-electron chi connectivity index (χ1n) is 6.54. The summed E-state index contributed by atoms with van der Waals surface area (Å²) in [6.07, 6.45) is 0. The van der Waals surface area contributed by atoms with E-state index in [1.165, 1.54) is 29.6 Å². The second kappa shape index (κ2) is 6.16. The number of aromatic nitrogens is 1. The molecule has 114 valence electrons. The van der Waals surface area contributed by atoms with Crippen LogP contribution in [0.15, 0.2) is 29.6 Å². The Kier molecular flexibility index (Phi) is 4.06. The van der Waals surface area contributed by atoms with Crippen LogP contribution in [0.4, 0.5) is 10.8 Å². The molecule has 2 N–H and O–H groups in total. The Labute approximate surface area is 139 Å². The third-order valence-electron chi connectivity index (χ3n) is 2.92. The zero-order valence-corrected chi connectivity index (χ0v) is 13.5. The van der Waals surface area contributed by atoms with Gasteiger partial charge in [-0.05, 0) is 29.6 Å². The highest BCUT2D eigenvalue weighted by molar-refractivity contribution is 7.22. The molecule has 2 heterocycles. The SMILES string of the molecule is CC(=O)Nc1ccc2nc(NC(=O)c3sccc3C#N)sc2c1. The van der Waals surface area contributed by atoms with Gasteiger partial charge < -0.3 is 5.32 Å². The Morgan fingerprint density at radius 3 is 2.83 bits per heavy atom. The molecule has 3 rings (SSSR count). The van der Waals surface area contributed by atoms with Crippen molar-refractivity contribution in [1.82, 2.24) is 4.98 Å². The van der Waals surface area contributed by atoms with Crippen molar-refractivity contribution < 1.29 is 9.59 Å². The van der Waals surface area contributed by atoms with Gasteiger partial charge in [0.1, 0.15) is 10.9 Å². The molecule has 0 aliphatic rings. The normalized spacial score (nSPS) is 10.3. The van der Waals surface area contributed by atoms with Crippen LogP contribution in [0.3, 0.4) is 0 Å². The number of carbonyl (C=O) groups is 2. The van der Waals surface area contributed by atoms with E-state index in [2.05, 4.69) is 15.6 Å². The summed E-state index contributed by atoms with van der Waals surface area (Å²) in [6, 6.07) is 8.93. The number of benzene rings is 1. The second-order valence-corrected chi connectivity index (χ2v) is 6.56. The fourth-order valence-corrected chi connectivity index (χ4v) is 3.63. The molecule has 6 nitrogen and oxygen atoms in total. The van der Waals surface area contributed by atoms with E-state index in [1.54, 1.807) is 29.6 Å². The van der Waals surface area contributed by atoms with E-state index in [4.69, 9.17) is 5.26 Å². The van der Waals surface area contributed by atoms with Gasteiger partial charge in [0, 0.05) is 12.6 Å². The molecule has 1 aromatic carbocycles. The van der Waals surface area contributed by atoms with Gasteiger partial charge in [0.05, 0.1) is 15.8 Å². The first kappa shape index (κ1) is 15.1. The van der Waals surface area contributed by atoms with Gasteiger partial charge >= 0.3 is 0 Å². The van der Waals surface area contributed by atoms with Crippen molar-refractivity contribution >= 4 is 55.5 Å². The maximum absolute atomic E-state index is 12.2. The Bertz CT molecular complexity index is 952. The predicted octanol–water partition coefficient (Wildman–Crippen LogP) is 3.44. The highest BCUT2D eigenvalue weighted by atomic mass is 32.1. The van der Waals surface area contributed by atoms with Crippen LogP contribution in [0.25, 0.3) is 10.2 Å². The van der Waals surface area contributed by atoms with Crippen molar-refractivity contribution in [3.05, 3.63) is 40.1 Å². The summed E-state index contributed by atoms with van der Waals surface area (Å²) >= 11 is 2.52. The maximum Gasteiger partial charge on any atom is 0.268 e. The molecule has 0 atom stereocenters. The summed E-state index contributed by atoms with van der Waals surface area (Å²) in [4.78, 5) is 28.0. The Morgan fingerprint density at radius 1 is 1.26 bits per heavy atom. The molecule has 8 heteroatoms. The molecule has 23 heavy (non-hydrogen) atoms. The van der Waals surface area contributed by atoms with Crippen LogP contribution in [-0.4, -0.2) is 16.8 Å². The molecule has 2 aromatic heterocycles. The van der Waals surface area contributed by atoms with Crippen molar-refractivity contribution in [2.24, 2.45) is 0 Å². The summed E-state index contributed by atoms with van der Waals surface area (Å²) < 4.78 is 0.846. The van der Waals surface area contributed by atoms with Crippen LogP contribution in [0, 0.1) is 11.3 Å². The highest BCUT2D eigenvalue weighted by Gasteiger charge is 2.15. The van der Waals surface area contributed by atoms with Crippen molar-refractivity contribution in [2.75, 3.05) is 10.6 Å². The van der Waals surface area contributed by atoms with Crippen LogP contribution in [0.1, 0.15) is 22.2 Å². The lowest BCUT2D eigenvalue weighted by Crippen LogP contribution is -2.11. The predicted molar refractivity (Wildman–Crippen MR) is 90.9 cm³/mol. The third-order valence-corrected chi connectivity index (χ3v) is 4.77. The molecule has 0 bridgehead atoms. The maximum atomic E-state index is 12.2. The van der Waals surface area contributed by atoms with Gasteiger partial charge in [0.2, 0.25) is 5.91 Å². The van der Waals surface area contributed by atoms with Crippen LogP contribution in [-0.2, 0) is 4.79 Å². The average Bonchev–Trinajstić information content (AvgIpc) is 3.11. The number of rotatable bonds is 3. The molecule has 0 saturated heterocycles. The first-order valence-corrected chi connectivity index (χ1v) is 8.23. The highest BCUT2D eigenvalue weighted by Crippen LogP contribution is 2.29. The number of nitrogens with one attached hydrogen (secondary N) is 2. The lowest BCUT2D eigenvalue weighted by Gasteiger charge is -1.99. The number of hydrogen-bond donors (Lipinski definition) is 2. The number of thiophene rings is 1. The van der Waals surface area contributed by atoms with Crippen molar-refractivity contribution in [1.29, 1.82) is 5.26 Å². The summed E-state index contributed by atoms with van der Waals surface area (Å²) in [5.41, 5.74) is 1.75. The van der Waals surface area contributed by atoms with E-state index in [-0.39, 0.29) is 11.8 Å². The second-order valence-electron chi connectivity index (χ2n) is 4.61.